The topological polar surface area (TPSA) is 111 Å². The van der Waals surface area contributed by atoms with Gasteiger partial charge in [-0.25, -0.2) is 9.97 Å². The van der Waals surface area contributed by atoms with E-state index in [-0.39, 0.29) is 5.92 Å². The molecule has 1 saturated heterocycles. The molecule has 2 aromatic rings. The fourth-order valence-electron chi connectivity index (χ4n) is 3.02. The molecule has 1 aromatic carbocycles. The number of carbonyl (C=O) groups excluding carboxylic acids is 2. The van der Waals surface area contributed by atoms with Gasteiger partial charge in [0.25, 0.3) is 0 Å². The van der Waals surface area contributed by atoms with Crippen molar-refractivity contribution in [1.29, 1.82) is 5.26 Å². The Hall–Kier alpha value is -3.47. The summed E-state index contributed by atoms with van der Waals surface area (Å²) in [7, 11) is 0. The second-order valence-electron chi connectivity index (χ2n) is 6.30. The molecule has 8 heteroatoms. The van der Waals surface area contributed by atoms with E-state index in [0.717, 1.165) is 25.9 Å². The van der Waals surface area contributed by atoms with Gasteiger partial charge in [0, 0.05) is 37.7 Å². The number of benzene rings is 1. The first-order valence-electron chi connectivity index (χ1n) is 8.77. The van der Waals surface area contributed by atoms with Gasteiger partial charge >= 0.3 is 11.8 Å². The molecule has 2 N–H and O–H groups in total. The van der Waals surface area contributed by atoms with Crippen molar-refractivity contribution >= 4 is 23.3 Å². The smallest absolute Gasteiger partial charge is 0.313 e. The van der Waals surface area contributed by atoms with E-state index in [4.69, 9.17) is 5.26 Å². The van der Waals surface area contributed by atoms with Gasteiger partial charge in [-0.1, -0.05) is 18.2 Å². The molecule has 0 aliphatic carbocycles. The van der Waals surface area contributed by atoms with E-state index in [0.29, 0.717) is 23.7 Å². The van der Waals surface area contributed by atoms with Crippen molar-refractivity contribution in [2.24, 2.45) is 5.92 Å². The molecule has 1 aliphatic rings. The van der Waals surface area contributed by atoms with E-state index in [1.54, 1.807) is 30.5 Å². The largest absolute Gasteiger partial charge is 0.354 e. The molecule has 3 rings (SSSR count). The predicted octanol–water partition coefficient (Wildman–Crippen LogP) is 1.32. The summed E-state index contributed by atoms with van der Waals surface area (Å²) in [5.74, 6) is -0.430. The van der Waals surface area contributed by atoms with E-state index in [1.807, 2.05) is 11.0 Å². The highest BCUT2D eigenvalue weighted by molar-refractivity contribution is 6.39. The number of aromatic nitrogens is 2. The number of nitrogens with zero attached hydrogens (tertiary/aromatic N) is 4. The maximum atomic E-state index is 12.0. The highest BCUT2D eigenvalue weighted by Gasteiger charge is 2.23. The number of carbonyl (C=O) groups is 2. The highest BCUT2D eigenvalue weighted by atomic mass is 16.2. The Morgan fingerprint density at radius 2 is 1.81 bits per heavy atom. The van der Waals surface area contributed by atoms with Crippen molar-refractivity contribution in [2.45, 2.75) is 12.8 Å². The van der Waals surface area contributed by atoms with E-state index in [9.17, 15) is 9.59 Å². The molecule has 2 amide bonds. The zero-order valence-corrected chi connectivity index (χ0v) is 14.8. The molecule has 2 heterocycles. The third-order valence-electron chi connectivity index (χ3n) is 4.49. The minimum atomic E-state index is -0.670. The lowest BCUT2D eigenvalue weighted by Crippen LogP contribution is -2.42. The molecule has 0 bridgehead atoms. The van der Waals surface area contributed by atoms with Crippen molar-refractivity contribution in [3.63, 3.8) is 0 Å². The fraction of sp³-hybridized carbons (Fsp3) is 0.316. The summed E-state index contributed by atoms with van der Waals surface area (Å²) in [6.07, 6.45) is 4.75. The molecule has 0 spiro atoms. The van der Waals surface area contributed by atoms with Crippen LogP contribution < -0.4 is 15.5 Å². The second kappa shape index (κ2) is 8.76. The highest BCUT2D eigenvalue weighted by Crippen LogP contribution is 2.22. The van der Waals surface area contributed by atoms with Crippen LogP contribution in [0.2, 0.25) is 0 Å². The monoisotopic (exact) mass is 364 g/mol. The number of piperidine rings is 1. The van der Waals surface area contributed by atoms with Crippen LogP contribution in [0, 0.1) is 17.2 Å². The summed E-state index contributed by atoms with van der Waals surface area (Å²) in [4.78, 5) is 34.2. The molecule has 1 aromatic heterocycles. The summed E-state index contributed by atoms with van der Waals surface area (Å²) < 4.78 is 0. The third kappa shape index (κ3) is 4.79. The van der Waals surface area contributed by atoms with Gasteiger partial charge in [0.1, 0.15) is 6.07 Å². The Kier molecular flexibility index (Phi) is 5.94. The third-order valence-corrected chi connectivity index (χ3v) is 4.49. The van der Waals surface area contributed by atoms with E-state index >= 15 is 0 Å². The standard InChI is InChI=1S/C19H20N6O2/c20-12-16-17(22-9-8-21-16)25-10-6-14(7-11-25)13-23-18(26)19(27)24-15-4-2-1-3-5-15/h1-5,8-9,14H,6-7,10-11,13H2,(H,23,26)(H,24,27). The summed E-state index contributed by atoms with van der Waals surface area (Å²) in [5, 5.41) is 14.4. The Morgan fingerprint density at radius 3 is 2.52 bits per heavy atom. The molecule has 0 radical (unpaired) electrons. The van der Waals surface area contributed by atoms with Gasteiger partial charge in [-0.05, 0) is 30.9 Å². The predicted molar refractivity (Wildman–Crippen MR) is 99.8 cm³/mol. The number of anilines is 2. The van der Waals surface area contributed by atoms with Crippen LogP contribution in [0.3, 0.4) is 0 Å². The number of hydrogen-bond donors (Lipinski definition) is 2. The van der Waals surface area contributed by atoms with Gasteiger partial charge in [-0.15, -0.1) is 0 Å². The number of para-hydroxylation sites is 1. The molecule has 0 saturated carbocycles. The minimum absolute atomic E-state index is 0.275. The lowest BCUT2D eigenvalue weighted by molar-refractivity contribution is -0.136. The van der Waals surface area contributed by atoms with Crippen LogP contribution >= 0.6 is 0 Å². The average Bonchev–Trinajstić information content (AvgIpc) is 2.73. The fourth-order valence-corrected chi connectivity index (χ4v) is 3.02. The van der Waals surface area contributed by atoms with Crippen LogP contribution in [0.25, 0.3) is 0 Å². The number of hydrogen-bond acceptors (Lipinski definition) is 6. The quantitative estimate of drug-likeness (QED) is 0.792. The van der Waals surface area contributed by atoms with Crippen LogP contribution in [0.15, 0.2) is 42.7 Å². The SMILES string of the molecule is N#Cc1nccnc1N1CCC(CNC(=O)C(=O)Nc2ccccc2)CC1. The molecule has 0 unspecified atom stereocenters. The lowest BCUT2D eigenvalue weighted by Gasteiger charge is -2.32. The van der Waals surface area contributed by atoms with Gasteiger partial charge < -0.3 is 15.5 Å². The molecule has 1 aliphatic heterocycles. The van der Waals surface area contributed by atoms with E-state index < -0.39 is 11.8 Å². The van der Waals surface area contributed by atoms with Gasteiger partial charge in [-0.2, -0.15) is 5.26 Å². The first kappa shape index (κ1) is 18.3. The van der Waals surface area contributed by atoms with Crippen LogP contribution in [-0.2, 0) is 9.59 Å². The van der Waals surface area contributed by atoms with Gasteiger partial charge in [0.2, 0.25) is 0 Å². The number of nitriles is 1. The summed E-state index contributed by atoms with van der Waals surface area (Å²) in [6.45, 7) is 1.90. The maximum absolute atomic E-state index is 12.0. The van der Waals surface area contributed by atoms with Crippen molar-refractivity contribution in [3.05, 3.63) is 48.4 Å². The molecule has 8 nitrogen and oxygen atoms in total. The van der Waals surface area contributed by atoms with E-state index in [1.165, 1.54) is 6.20 Å². The second-order valence-corrected chi connectivity index (χ2v) is 6.30. The van der Waals surface area contributed by atoms with E-state index in [2.05, 4.69) is 26.7 Å². The minimum Gasteiger partial charge on any atom is -0.354 e. The van der Waals surface area contributed by atoms with Crippen LogP contribution in [0.5, 0.6) is 0 Å². The Labute approximate surface area is 157 Å². The molecular weight excluding hydrogens is 344 g/mol. The van der Waals surface area contributed by atoms with Crippen LogP contribution in [0.1, 0.15) is 18.5 Å². The zero-order valence-electron chi connectivity index (χ0n) is 14.8. The molecule has 1 fully saturated rings. The molecule has 138 valence electrons. The number of amides is 2. The van der Waals surface area contributed by atoms with Crippen molar-refractivity contribution in [2.75, 3.05) is 29.9 Å². The van der Waals surface area contributed by atoms with Crippen molar-refractivity contribution < 1.29 is 9.59 Å². The van der Waals surface area contributed by atoms with Crippen LogP contribution in [0.4, 0.5) is 11.5 Å². The first-order valence-corrected chi connectivity index (χ1v) is 8.77. The summed E-state index contributed by atoms with van der Waals surface area (Å²) >= 11 is 0. The summed E-state index contributed by atoms with van der Waals surface area (Å²) in [6, 6.07) is 10.9. The first-order chi connectivity index (χ1) is 13.2. The van der Waals surface area contributed by atoms with Crippen molar-refractivity contribution in [1.82, 2.24) is 15.3 Å². The Bertz CT molecular complexity index is 841. The number of nitrogens with one attached hydrogen (secondary N) is 2. The average molecular weight is 364 g/mol. The Balaban J connectivity index is 1.45. The lowest BCUT2D eigenvalue weighted by atomic mass is 9.96. The summed E-state index contributed by atoms with van der Waals surface area (Å²) in [5.41, 5.74) is 0.907. The van der Waals surface area contributed by atoms with Gasteiger partial charge in [-0.3, -0.25) is 9.59 Å². The number of rotatable bonds is 4. The zero-order chi connectivity index (χ0) is 19.1. The molecule has 27 heavy (non-hydrogen) atoms. The normalized spacial score (nSPS) is 14.3. The van der Waals surface area contributed by atoms with Crippen LogP contribution in [-0.4, -0.2) is 41.4 Å². The van der Waals surface area contributed by atoms with Crippen molar-refractivity contribution in [3.8, 4) is 6.07 Å². The van der Waals surface area contributed by atoms with Gasteiger partial charge in [0.05, 0.1) is 0 Å². The van der Waals surface area contributed by atoms with Gasteiger partial charge in [0.15, 0.2) is 11.5 Å². The molecular formula is C19H20N6O2. The Morgan fingerprint density at radius 1 is 1.11 bits per heavy atom. The maximum Gasteiger partial charge on any atom is 0.313 e. The molecule has 0 atom stereocenters.